The molecule has 6 nitrogen and oxygen atoms in total. The van der Waals surface area contributed by atoms with Crippen LogP contribution in [0.4, 0.5) is 4.70 Å². The van der Waals surface area contributed by atoms with E-state index in [1.807, 2.05) is 0 Å². The van der Waals surface area contributed by atoms with E-state index in [0.717, 1.165) is 0 Å². The topological polar surface area (TPSA) is 113 Å². The summed E-state index contributed by atoms with van der Waals surface area (Å²) < 4.78 is 0. The molecule has 0 spiro atoms. The van der Waals surface area contributed by atoms with Crippen molar-refractivity contribution in [3.05, 3.63) is 0 Å². The number of hydrogen-bond donors (Lipinski definition) is 6. The van der Waals surface area contributed by atoms with Gasteiger partial charge in [0.05, 0.1) is 12.7 Å². The van der Waals surface area contributed by atoms with Crippen LogP contribution in [0, 0.1) is 0 Å². The number of halogens is 1. The van der Waals surface area contributed by atoms with Gasteiger partial charge in [-0.05, 0) is 7.05 Å². The van der Waals surface area contributed by atoms with Crippen molar-refractivity contribution in [3.63, 3.8) is 0 Å². The van der Waals surface area contributed by atoms with Crippen molar-refractivity contribution < 1.29 is 30.2 Å². The normalized spacial score (nSPS) is 19.3. The number of aliphatic hydroxyl groups is 5. The molecule has 0 aromatic rings. The van der Waals surface area contributed by atoms with Crippen molar-refractivity contribution in [3.8, 4) is 0 Å². The summed E-state index contributed by atoms with van der Waals surface area (Å²) in [5.41, 5.74) is 0. The van der Waals surface area contributed by atoms with Crippen molar-refractivity contribution in [2.24, 2.45) is 0 Å². The second-order valence-corrected chi connectivity index (χ2v) is 2.86. The van der Waals surface area contributed by atoms with E-state index < -0.39 is 31.0 Å². The smallest absolute Gasteiger partial charge is 0.111 e. The molecule has 0 unspecified atom stereocenters. The quantitative estimate of drug-likeness (QED) is 0.278. The molecule has 0 amide bonds. The Balaban J connectivity index is 0. The molecule has 0 aliphatic rings. The molecule has 6 N–H and O–H groups in total. The number of likely N-dealkylation sites (N-methyl/N-ethyl adjacent to an activating group) is 1. The summed E-state index contributed by atoms with van der Waals surface area (Å²) in [4.78, 5) is 0. The second kappa shape index (κ2) is 8.04. The summed E-state index contributed by atoms with van der Waals surface area (Å²) in [7, 11) is 1.57. The molecule has 0 saturated heterocycles. The molecule has 0 rings (SSSR count). The predicted molar refractivity (Wildman–Crippen MR) is 47.5 cm³/mol. The van der Waals surface area contributed by atoms with Crippen LogP contribution >= 0.6 is 0 Å². The zero-order chi connectivity index (χ0) is 10.4. The second-order valence-electron chi connectivity index (χ2n) is 2.86. The molecule has 0 saturated carbocycles. The molecule has 88 valence electrons. The fourth-order valence-electron chi connectivity index (χ4n) is 0.893. The van der Waals surface area contributed by atoms with Crippen LogP contribution in [0.5, 0.6) is 0 Å². The lowest BCUT2D eigenvalue weighted by Gasteiger charge is -2.25. The first-order chi connectivity index (χ1) is 6.04. The van der Waals surface area contributed by atoms with Gasteiger partial charge < -0.3 is 30.8 Å². The van der Waals surface area contributed by atoms with Crippen molar-refractivity contribution >= 4 is 0 Å². The van der Waals surface area contributed by atoms with Gasteiger partial charge in [0.1, 0.15) is 18.3 Å². The third-order valence-electron chi connectivity index (χ3n) is 1.74. The highest BCUT2D eigenvalue weighted by atomic mass is 19.0. The average Bonchev–Trinajstić information content (AvgIpc) is 2.14. The minimum atomic E-state index is -1.55. The Labute approximate surface area is 81.2 Å². The maximum absolute atomic E-state index is 9.21. The van der Waals surface area contributed by atoms with Crippen LogP contribution in [0.1, 0.15) is 0 Å². The highest BCUT2D eigenvalue weighted by Gasteiger charge is 2.29. The summed E-state index contributed by atoms with van der Waals surface area (Å²) >= 11 is 0. The summed E-state index contributed by atoms with van der Waals surface area (Å²) in [5, 5.41) is 47.5. The van der Waals surface area contributed by atoms with E-state index in [9.17, 15) is 5.11 Å². The molecule has 0 heterocycles. The van der Waals surface area contributed by atoms with Crippen LogP contribution in [0.25, 0.3) is 0 Å². The lowest BCUT2D eigenvalue weighted by atomic mass is 10.0. The lowest BCUT2D eigenvalue weighted by molar-refractivity contribution is -0.113. The van der Waals surface area contributed by atoms with E-state index >= 15 is 0 Å². The molecule has 0 bridgehead atoms. The number of rotatable bonds is 6. The summed E-state index contributed by atoms with van der Waals surface area (Å²) in [6, 6.07) is 0. The van der Waals surface area contributed by atoms with Crippen LogP contribution in [0.15, 0.2) is 0 Å². The van der Waals surface area contributed by atoms with Crippen LogP contribution < -0.4 is 5.32 Å². The maximum atomic E-state index is 9.21. The Kier molecular flexibility index (Phi) is 9.26. The van der Waals surface area contributed by atoms with Gasteiger partial charge in [-0.2, -0.15) is 0 Å². The molecule has 0 aliphatic carbocycles. The summed E-state index contributed by atoms with van der Waals surface area (Å²) in [6.07, 6.45) is -5.65. The average molecular weight is 215 g/mol. The molecule has 0 fully saturated rings. The first kappa shape index (κ1) is 16.1. The molecule has 0 aromatic carbocycles. The molecule has 4 atom stereocenters. The van der Waals surface area contributed by atoms with Gasteiger partial charge in [0.25, 0.3) is 0 Å². The molecule has 7 heteroatoms. The van der Waals surface area contributed by atoms with Gasteiger partial charge in [0, 0.05) is 6.54 Å². The Bertz CT molecular complexity index is 139. The maximum Gasteiger partial charge on any atom is 0.111 e. The van der Waals surface area contributed by atoms with E-state index in [-0.39, 0.29) is 11.2 Å². The van der Waals surface area contributed by atoms with Gasteiger partial charge in [-0.3, -0.25) is 4.70 Å². The minimum Gasteiger partial charge on any atom is -0.394 e. The number of nitrogens with one attached hydrogen (secondary N) is 1. The van der Waals surface area contributed by atoms with Crippen LogP contribution in [-0.2, 0) is 0 Å². The molecule has 0 aromatic heterocycles. The lowest BCUT2D eigenvalue weighted by Crippen LogP contribution is -2.48. The Morgan fingerprint density at radius 3 is 1.79 bits per heavy atom. The van der Waals surface area contributed by atoms with Gasteiger partial charge in [0.2, 0.25) is 0 Å². The highest BCUT2D eigenvalue weighted by Crippen LogP contribution is 2.04. The largest absolute Gasteiger partial charge is 0.394 e. The Hall–Kier alpha value is -0.310. The van der Waals surface area contributed by atoms with Gasteiger partial charge in [-0.25, -0.2) is 0 Å². The molecule has 0 aliphatic heterocycles. The Morgan fingerprint density at radius 1 is 1.00 bits per heavy atom. The minimum absolute atomic E-state index is 0. The van der Waals surface area contributed by atoms with Gasteiger partial charge in [-0.15, -0.1) is 0 Å². The van der Waals surface area contributed by atoms with Gasteiger partial charge >= 0.3 is 0 Å². The van der Waals surface area contributed by atoms with Crippen LogP contribution in [0.2, 0.25) is 0 Å². The van der Waals surface area contributed by atoms with E-state index in [0.29, 0.717) is 0 Å². The van der Waals surface area contributed by atoms with E-state index in [1.165, 1.54) is 0 Å². The first-order valence-corrected chi connectivity index (χ1v) is 4.02. The monoisotopic (exact) mass is 215 g/mol. The SMILES string of the molecule is CNC[C@H](O)[C@@H](O)[C@@H](O)[C@H](O)CO.F. The molecular formula is C7H18FNO5. The van der Waals surface area contributed by atoms with Crippen LogP contribution in [-0.4, -0.2) is 70.1 Å². The van der Waals surface area contributed by atoms with E-state index in [4.69, 9.17) is 20.4 Å². The standard InChI is InChI=1S/C7H17NO5.FH/c1-8-2-4(10)6(12)7(13)5(11)3-9;/h4-13H,2-3H2,1H3;1H/t4-,5+,6+,7-;/m0./s1. The van der Waals surface area contributed by atoms with E-state index in [2.05, 4.69) is 5.32 Å². The number of hydrogen-bond acceptors (Lipinski definition) is 6. The Morgan fingerprint density at radius 2 is 1.43 bits per heavy atom. The number of aliphatic hydroxyl groups excluding tert-OH is 5. The third kappa shape index (κ3) is 4.80. The fraction of sp³-hybridized carbons (Fsp3) is 1.00. The fourth-order valence-corrected chi connectivity index (χ4v) is 0.893. The van der Waals surface area contributed by atoms with Gasteiger partial charge in [0.15, 0.2) is 0 Å². The zero-order valence-electron chi connectivity index (χ0n) is 7.87. The van der Waals surface area contributed by atoms with E-state index in [1.54, 1.807) is 7.05 Å². The zero-order valence-corrected chi connectivity index (χ0v) is 7.87. The first-order valence-electron chi connectivity index (χ1n) is 4.02. The molecule has 0 radical (unpaired) electrons. The van der Waals surface area contributed by atoms with Crippen molar-refractivity contribution in [1.29, 1.82) is 0 Å². The molecular weight excluding hydrogens is 197 g/mol. The van der Waals surface area contributed by atoms with Crippen molar-refractivity contribution in [1.82, 2.24) is 5.32 Å². The predicted octanol–water partition coefficient (Wildman–Crippen LogP) is -3.21. The third-order valence-corrected chi connectivity index (χ3v) is 1.74. The highest BCUT2D eigenvalue weighted by molar-refractivity contribution is 4.81. The summed E-state index contributed by atoms with van der Waals surface area (Å²) in [5.74, 6) is 0. The molecule has 14 heavy (non-hydrogen) atoms. The van der Waals surface area contributed by atoms with Gasteiger partial charge in [-0.1, -0.05) is 0 Å². The van der Waals surface area contributed by atoms with Crippen molar-refractivity contribution in [2.45, 2.75) is 24.4 Å². The van der Waals surface area contributed by atoms with Crippen LogP contribution in [0.3, 0.4) is 0 Å². The van der Waals surface area contributed by atoms with Crippen molar-refractivity contribution in [2.75, 3.05) is 20.2 Å². The summed E-state index contributed by atoms with van der Waals surface area (Å²) in [6.45, 7) is -0.569.